The van der Waals surface area contributed by atoms with Crippen molar-refractivity contribution in [1.82, 2.24) is 10.2 Å². The Balaban J connectivity index is 1.64. The van der Waals surface area contributed by atoms with Crippen LogP contribution in [0.15, 0.2) is 22.8 Å². The molecule has 1 N–H and O–H groups in total. The zero-order valence-electron chi connectivity index (χ0n) is 13.8. The molecule has 0 bridgehead atoms. The smallest absolute Gasteiger partial charge is 0.318 e. The average molecular weight is 306 g/mol. The fraction of sp³-hybridized carbons (Fsp3) is 0.706. The molecule has 0 spiro atoms. The Kier molecular flexibility index (Phi) is 3.93. The normalized spacial score (nSPS) is 30.8. The van der Waals surface area contributed by atoms with Crippen LogP contribution in [0.3, 0.4) is 0 Å². The quantitative estimate of drug-likeness (QED) is 0.933. The van der Waals surface area contributed by atoms with Gasteiger partial charge in [-0.1, -0.05) is 13.8 Å². The number of hydrogen-bond donors (Lipinski definition) is 1. The molecule has 22 heavy (non-hydrogen) atoms. The van der Waals surface area contributed by atoms with Crippen molar-refractivity contribution in [2.45, 2.75) is 51.8 Å². The van der Waals surface area contributed by atoms with Crippen molar-refractivity contribution in [2.24, 2.45) is 11.3 Å². The monoisotopic (exact) mass is 306 g/mol. The van der Waals surface area contributed by atoms with Crippen molar-refractivity contribution in [3.63, 3.8) is 0 Å². The first-order valence-corrected chi connectivity index (χ1v) is 8.11. The van der Waals surface area contributed by atoms with Gasteiger partial charge in [0, 0.05) is 31.0 Å². The van der Waals surface area contributed by atoms with Crippen molar-refractivity contribution < 1.29 is 13.9 Å². The number of ether oxygens (including phenoxy) is 1. The number of urea groups is 1. The van der Waals surface area contributed by atoms with Crippen LogP contribution in [0.4, 0.5) is 4.79 Å². The van der Waals surface area contributed by atoms with E-state index in [2.05, 4.69) is 19.2 Å². The standard InChI is InChI=1S/C17H26N2O3/c1-11(13-8-6-9-21-13)19(4)16(20)18-14-12-7-5-10-22-15(12)17(14,2)3/h6,8-9,11-12,14-15H,5,7,10H2,1-4H3,(H,18,20)/t11-,12+,14-,15-/m1/s1. The lowest BCUT2D eigenvalue weighted by Gasteiger charge is -2.60. The Hall–Kier alpha value is -1.49. The fourth-order valence-corrected chi connectivity index (χ4v) is 3.95. The minimum atomic E-state index is -0.0865. The number of carbonyl (C=O) groups excluding carboxylic acids is 1. The van der Waals surface area contributed by atoms with Crippen LogP contribution in [0.25, 0.3) is 0 Å². The van der Waals surface area contributed by atoms with Crippen molar-refractivity contribution in [1.29, 1.82) is 0 Å². The highest BCUT2D eigenvalue weighted by molar-refractivity contribution is 5.75. The Bertz CT molecular complexity index is 526. The van der Waals surface area contributed by atoms with Gasteiger partial charge in [0.15, 0.2) is 0 Å². The highest BCUT2D eigenvalue weighted by Gasteiger charge is 2.58. The van der Waals surface area contributed by atoms with E-state index in [1.807, 2.05) is 26.1 Å². The molecular formula is C17H26N2O3. The molecule has 2 aliphatic rings. The maximum absolute atomic E-state index is 12.6. The van der Waals surface area contributed by atoms with Crippen LogP contribution in [-0.4, -0.2) is 36.7 Å². The van der Waals surface area contributed by atoms with Gasteiger partial charge in [-0.3, -0.25) is 0 Å². The van der Waals surface area contributed by atoms with Crippen LogP contribution in [0.1, 0.15) is 45.4 Å². The lowest BCUT2D eigenvalue weighted by molar-refractivity contribution is -0.189. The summed E-state index contributed by atoms with van der Waals surface area (Å²) in [6, 6.07) is 3.78. The number of amides is 2. The SMILES string of the molecule is C[C@H](c1ccco1)N(C)C(=O)N[C@@H]1[C@@H]2CCCO[C@H]2C1(C)C. The van der Waals surface area contributed by atoms with Gasteiger partial charge in [-0.05, 0) is 31.9 Å². The van der Waals surface area contributed by atoms with Gasteiger partial charge < -0.3 is 19.4 Å². The summed E-state index contributed by atoms with van der Waals surface area (Å²) in [6.07, 6.45) is 4.13. The van der Waals surface area contributed by atoms with E-state index >= 15 is 0 Å². The van der Waals surface area contributed by atoms with Crippen LogP contribution < -0.4 is 5.32 Å². The maximum Gasteiger partial charge on any atom is 0.318 e. The Morgan fingerprint density at radius 2 is 2.27 bits per heavy atom. The van der Waals surface area contributed by atoms with Crippen LogP contribution in [0.2, 0.25) is 0 Å². The molecule has 1 aromatic rings. The molecule has 3 rings (SSSR count). The van der Waals surface area contributed by atoms with Crippen LogP contribution in [0, 0.1) is 11.3 Å². The molecule has 1 aliphatic carbocycles. The third-order valence-electron chi connectivity index (χ3n) is 5.47. The first-order chi connectivity index (χ1) is 10.4. The van der Waals surface area contributed by atoms with E-state index in [1.54, 1.807) is 11.2 Å². The zero-order valence-corrected chi connectivity index (χ0v) is 13.8. The summed E-state index contributed by atoms with van der Waals surface area (Å²) in [5.74, 6) is 1.24. The van der Waals surface area contributed by atoms with Crippen LogP contribution >= 0.6 is 0 Å². The number of carbonyl (C=O) groups is 1. The molecule has 1 saturated carbocycles. The van der Waals surface area contributed by atoms with Crippen molar-refractivity contribution >= 4 is 6.03 Å². The maximum atomic E-state index is 12.6. The summed E-state index contributed by atoms with van der Waals surface area (Å²) in [5, 5.41) is 3.21. The summed E-state index contributed by atoms with van der Waals surface area (Å²) in [5.41, 5.74) is -0.00446. The van der Waals surface area contributed by atoms with Gasteiger partial charge in [-0.2, -0.15) is 0 Å². The molecule has 122 valence electrons. The molecule has 4 atom stereocenters. The summed E-state index contributed by atoms with van der Waals surface area (Å²) < 4.78 is 11.3. The summed E-state index contributed by atoms with van der Waals surface area (Å²) in [4.78, 5) is 14.3. The average Bonchev–Trinajstić information content (AvgIpc) is 3.05. The van der Waals surface area contributed by atoms with Crippen molar-refractivity contribution in [3.05, 3.63) is 24.2 Å². The van der Waals surface area contributed by atoms with E-state index in [0.717, 1.165) is 25.2 Å². The Morgan fingerprint density at radius 3 is 2.95 bits per heavy atom. The lowest BCUT2D eigenvalue weighted by atomic mass is 9.55. The van der Waals surface area contributed by atoms with E-state index in [0.29, 0.717) is 5.92 Å². The molecule has 0 unspecified atom stereocenters. The van der Waals surface area contributed by atoms with Gasteiger partial charge in [-0.15, -0.1) is 0 Å². The molecular weight excluding hydrogens is 280 g/mol. The van der Waals surface area contributed by atoms with E-state index in [1.165, 1.54) is 0 Å². The second kappa shape index (κ2) is 5.61. The number of nitrogens with one attached hydrogen (secondary N) is 1. The van der Waals surface area contributed by atoms with Gasteiger partial charge in [0.2, 0.25) is 0 Å². The van der Waals surface area contributed by atoms with E-state index in [-0.39, 0.29) is 29.6 Å². The fourth-order valence-electron chi connectivity index (χ4n) is 3.95. The number of furan rings is 1. The molecule has 5 heteroatoms. The van der Waals surface area contributed by atoms with Crippen molar-refractivity contribution in [2.75, 3.05) is 13.7 Å². The first-order valence-electron chi connectivity index (χ1n) is 8.11. The number of nitrogens with zero attached hydrogens (tertiary/aromatic N) is 1. The molecule has 5 nitrogen and oxygen atoms in total. The molecule has 0 radical (unpaired) electrons. The van der Waals surface area contributed by atoms with Gasteiger partial charge in [0.05, 0.1) is 18.4 Å². The van der Waals surface area contributed by atoms with Crippen LogP contribution in [-0.2, 0) is 4.74 Å². The highest BCUT2D eigenvalue weighted by atomic mass is 16.5. The molecule has 1 aliphatic heterocycles. The number of fused-ring (bicyclic) bond motifs is 1. The van der Waals surface area contributed by atoms with Crippen molar-refractivity contribution in [3.8, 4) is 0 Å². The molecule has 2 heterocycles. The predicted molar refractivity (Wildman–Crippen MR) is 83.5 cm³/mol. The molecule has 2 fully saturated rings. The summed E-state index contributed by atoms with van der Waals surface area (Å²) in [7, 11) is 1.81. The van der Waals surface area contributed by atoms with Gasteiger partial charge in [-0.25, -0.2) is 4.79 Å². The summed E-state index contributed by atoms with van der Waals surface area (Å²) >= 11 is 0. The topological polar surface area (TPSA) is 54.7 Å². The molecule has 1 saturated heterocycles. The molecule has 0 aromatic carbocycles. The van der Waals surface area contributed by atoms with Gasteiger partial charge in [0.25, 0.3) is 0 Å². The Labute approximate surface area is 132 Å². The Morgan fingerprint density at radius 1 is 1.50 bits per heavy atom. The molecule has 2 amide bonds. The highest BCUT2D eigenvalue weighted by Crippen LogP contribution is 2.51. The summed E-state index contributed by atoms with van der Waals surface area (Å²) in [6.45, 7) is 7.18. The van der Waals surface area contributed by atoms with Gasteiger partial charge in [0.1, 0.15) is 5.76 Å². The third kappa shape index (κ3) is 2.41. The molecule has 1 aromatic heterocycles. The van der Waals surface area contributed by atoms with E-state index in [9.17, 15) is 4.79 Å². The lowest BCUT2D eigenvalue weighted by Crippen LogP contribution is -2.70. The minimum Gasteiger partial charge on any atom is -0.467 e. The van der Waals surface area contributed by atoms with E-state index in [4.69, 9.17) is 9.15 Å². The predicted octanol–water partition coefficient (Wildman–Crippen LogP) is 3.19. The zero-order chi connectivity index (χ0) is 15.9. The second-order valence-corrected chi connectivity index (χ2v) is 7.15. The minimum absolute atomic E-state index is 0.00446. The third-order valence-corrected chi connectivity index (χ3v) is 5.47. The number of hydrogen-bond acceptors (Lipinski definition) is 3. The van der Waals surface area contributed by atoms with E-state index < -0.39 is 0 Å². The largest absolute Gasteiger partial charge is 0.467 e. The van der Waals surface area contributed by atoms with Gasteiger partial charge >= 0.3 is 6.03 Å². The van der Waals surface area contributed by atoms with Crippen LogP contribution in [0.5, 0.6) is 0 Å². The number of rotatable bonds is 3. The first kappa shape index (κ1) is 15.4. The second-order valence-electron chi connectivity index (χ2n) is 7.15.